The van der Waals surface area contributed by atoms with Gasteiger partial charge in [-0.3, -0.25) is 9.59 Å². The standard InChI is InChI=1S/C8H4INO2.K.H/c9-10-7(11)5-3-1-2-4-6(5)8(10)12;;/h1-4H;;. The van der Waals surface area contributed by atoms with Crippen molar-refractivity contribution in [2.75, 3.05) is 0 Å². The van der Waals surface area contributed by atoms with Gasteiger partial charge in [-0.1, -0.05) is 12.1 Å². The molecule has 2 rings (SSSR count). The maximum atomic E-state index is 11.3. The summed E-state index contributed by atoms with van der Waals surface area (Å²) in [7, 11) is 0. The average Bonchev–Trinajstić information content (AvgIpc) is 2.33. The Kier molecular flexibility index (Phi) is 4.08. The first-order valence-corrected chi connectivity index (χ1v) is 4.32. The normalized spacial score (nSPS) is 14.1. The summed E-state index contributed by atoms with van der Waals surface area (Å²) in [5.74, 6) is -0.451. The Bertz CT molecular complexity index is 345. The van der Waals surface area contributed by atoms with Gasteiger partial charge in [0, 0.05) is 0 Å². The minimum absolute atomic E-state index is 0. The predicted octanol–water partition coefficient (Wildman–Crippen LogP) is 0.984. The zero-order valence-electron chi connectivity index (χ0n) is 5.95. The molecule has 1 aromatic carbocycles. The van der Waals surface area contributed by atoms with Gasteiger partial charge in [-0.05, 0) is 12.1 Å². The van der Waals surface area contributed by atoms with Crippen LogP contribution in [0.1, 0.15) is 20.7 Å². The molecule has 2 amide bonds. The molecular formula is C8H5IKNO2. The fourth-order valence-electron chi connectivity index (χ4n) is 1.16. The van der Waals surface area contributed by atoms with Crippen molar-refractivity contribution in [3.63, 3.8) is 0 Å². The Labute approximate surface area is 132 Å². The van der Waals surface area contributed by atoms with Gasteiger partial charge in [-0.15, -0.1) is 0 Å². The SMILES string of the molecule is O=C1c2ccccc2C(=O)N1I.[KH]. The van der Waals surface area contributed by atoms with E-state index in [4.69, 9.17) is 0 Å². The van der Waals surface area contributed by atoms with Crippen LogP contribution >= 0.6 is 22.9 Å². The van der Waals surface area contributed by atoms with Crippen molar-refractivity contribution in [3.05, 3.63) is 35.4 Å². The van der Waals surface area contributed by atoms with Crippen molar-refractivity contribution in [2.24, 2.45) is 0 Å². The number of amides is 2. The molecule has 0 bridgehead atoms. The molecule has 0 aromatic heterocycles. The summed E-state index contributed by atoms with van der Waals surface area (Å²) in [6.45, 7) is 0. The molecule has 1 aliphatic heterocycles. The Hall–Kier alpha value is 0.726. The molecule has 0 atom stereocenters. The van der Waals surface area contributed by atoms with E-state index in [1.165, 1.54) is 0 Å². The van der Waals surface area contributed by atoms with Crippen LogP contribution in [0.2, 0.25) is 0 Å². The molecule has 13 heavy (non-hydrogen) atoms. The number of rotatable bonds is 0. The molecule has 0 fully saturated rings. The molecule has 1 heterocycles. The molecule has 0 spiro atoms. The maximum absolute atomic E-state index is 11.3. The first kappa shape index (κ1) is 11.8. The number of fused-ring (bicyclic) bond motifs is 1. The minimum atomic E-state index is -0.226. The Balaban J connectivity index is 0.000000845. The number of hydrogen-bond donors (Lipinski definition) is 0. The van der Waals surface area contributed by atoms with Crippen molar-refractivity contribution in [1.82, 2.24) is 3.11 Å². The van der Waals surface area contributed by atoms with Crippen LogP contribution in [0.4, 0.5) is 0 Å². The van der Waals surface area contributed by atoms with Gasteiger partial charge in [0.25, 0.3) is 11.8 Å². The third kappa shape index (κ3) is 1.90. The van der Waals surface area contributed by atoms with Crippen molar-refractivity contribution in [2.45, 2.75) is 0 Å². The van der Waals surface area contributed by atoms with Gasteiger partial charge in [0.05, 0.1) is 34.0 Å². The van der Waals surface area contributed by atoms with E-state index >= 15 is 0 Å². The second-order valence-corrected chi connectivity index (χ2v) is 3.40. The summed E-state index contributed by atoms with van der Waals surface area (Å²) in [5, 5.41) is 0. The van der Waals surface area contributed by atoms with Gasteiger partial charge in [0.2, 0.25) is 0 Å². The summed E-state index contributed by atoms with van der Waals surface area (Å²) >= 11 is 1.71. The van der Waals surface area contributed by atoms with E-state index in [0.29, 0.717) is 11.1 Å². The van der Waals surface area contributed by atoms with Gasteiger partial charge in [-0.25, -0.2) is 3.11 Å². The number of carbonyl (C=O) groups is 2. The van der Waals surface area contributed by atoms with Crippen LogP contribution in [0.15, 0.2) is 24.3 Å². The molecule has 0 unspecified atom stereocenters. The molecule has 5 heteroatoms. The summed E-state index contributed by atoms with van der Waals surface area (Å²) in [5.41, 5.74) is 0.994. The molecule has 62 valence electrons. The van der Waals surface area contributed by atoms with E-state index in [-0.39, 0.29) is 63.2 Å². The number of imide groups is 1. The van der Waals surface area contributed by atoms with Crippen LogP contribution in [0, 0.1) is 0 Å². The Morgan fingerprint density at radius 1 is 1.00 bits per heavy atom. The summed E-state index contributed by atoms with van der Waals surface area (Å²) in [6, 6.07) is 6.82. The third-order valence-electron chi connectivity index (χ3n) is 1.74. The molecule has 1 aromatic rings. The van der Waals surface area contributed by atoms with Crippen LogP contribution in [0.25, 0.3) is 0 Å². The van der Waals surface area contributed by atoms with E-state index < -0.39 is 0 Å². The van der Waals surface area contributed by atoms with E-state index in [0.717, 1.165) is 3.11 Å². The van der Waals surface area contributed by atoms with Crippen molar-refractivity contribution >= 4 is 86.1 Å². The number of carbonyl (C=O) groups excluding carboxylic acids is 2. The average molecular weight is 313 g/mol. The molecule has 0 aliphatic carbocycles. The predicted molar refractivity (Wildman–Crippen MR) is 58.1 cm³/mol. The second kappa shape index (κ2) is 4.50. The van der Waals surface area contributed by atoms with Crippen molar-refractivity contribution in [1.29, 1.82) is 0 Å². The van der Waals surface area contributed by atoms with Crippen molar-refractivity contribution in [3.8, 4) is 0 Å². The summed E-state index contributed by atoms with van der Waals surface area (Å²) in [4.78, 5) is 22.6. The monoisotopic (exact) mass is 313 g/mol. The molecule has 0 saturated heterocycles. The fraction of sp³-hybridized carbons (Fsp3) is 0. The summed E-state index contributed by atoms with van der Waals surface area (Å²) in [6.07, 6.45) is 0. The fourth-order valence-corrected chi connectivity index (χ4v) is 1.68. The van der Waals surface area contributed by atoms with Crippen molar-refractivity contribution < 1.29 is 9.59 Å². The van der Waals surface area contributed by atoms with E-state index in [1.807, 2.05) is 0 Å². The zero-order chi connectivity index (χ0) is 8.72. The Morgan fingerprint density at radius 2 is 1.38 bits per heavy atom. The van der Waals surface area contributed by atoms with Gasteiger partial charge >= 0.3 is 51.4 Å². The topological polar surface area (TPSA) is 37.4 Å². The molecule has 0 radical (unpaired) electrons. The first-order chi connectivity index (χ1) is 5.72. The zero-order valence-corrected chi connectivity index (χ0v) is 8.11. The van der Waals surface area contributed by atoms with E-state index in [1.54, 1.807) is 47.1 Å². The van der Waals surface area contributed by atoms with Crippen LogP contribution in [-0.2, 0) is 0 Å². The molecular weight excluding hydrogens is 308 g/mol. The van der Waals surface area contributed by atoms with Gasteiger partial charge < -0.3 is 0 Å². The Morgan fingerprint density at radius 3 is 1.77 bits per heavy atom. The van der Waals surface area contributed by atoms with Crippen LogP contribution < -0.4 is 0 Å². The quantitative estimate of drug-likeness (QED) is 0.310. The second-order valence-electron chi connectivity index (χ2n) is 2.44. The number of nitrogens with zero attached hydrogens (tertiary/aromatic N) is 1. The number of hydrogen-bond acceptors (Lipinski definition) is 2. The van der Waals surface area contributed by atoms with Gasteiger partial charge in [0.15, 0.2) is 0 Å². The first-order valence-electron chi connectivity index (χ1n) is 3.35. The third-order valence-corrected chi connectivity index (χ3v) is 2.62. The molecule has 3 nitrogen and oxygen atoms in total. The van der Waals surface area contributed by atoms with Gasteiger partial charge in [-0.2, -0.15) is 0 Å². The number of halogens is 1. The van der Waals surface area contributed by atoms with E-state index in [2.05, 4.69) is 0 Å². The molecule has 0 N–H and O–H groups in total. The summed E-state index contributed by atoms with van der Waals surface area (Å²) < 4.78 is 1.10. The van der Waals surface area contributed by atoms with Gasteiger partial charge in [0.1, 0.15) is 0 Å². The van der Waals surface area contributed by atoms with Crippen LogP contribution in [0.3, 0.4) is 0 Å². The number of benzene rings is 1. The molecule has 0 saturated carbocycles. The van der Waals surface area contributed by atoms with Crippen LogP contribution in [-0.4, -0.2) is 66.3 Å². The molecule has 1 aliphatic rings. The van der Waals surface area contributed by atoms with Crippen LogP contribution in [0.5, 0.6) is 0 Å². The van der Waals surface area contributed by atoms with E-state index in [9.17, 15) is 9.59 Å².